The van der Waals surface area contributed by atoms with E-state index in [1.807, 2.05) is 0 Å². The number of aromatic nitrogens is 3. The van der Waals surface area contributed by atoms with Gasteiger partial charge in [0.2, 0.25) is 5.43 Å². The minimum atomic E-state index is -0.750. The predicted octanol–water partition coefficient (Wildman–Crippen LogP) is 4.78. The highest BCUT2D eigenvalue weighted by Crippen LogP contribution is 2.35. The number of furan rings is 1. The fraction of sp³-hybridized carbons (Fsp3) is 0.172. The number of hydrogen-bond acceptors (Lipinski definition) is 9. The molecule has 41 heavy (non-hydrogen) atoms. The maximum absolute atomic E-state index is 15.2. The van der Waals surface area contributed by atoms with Gasteiger partial charge in [0.05, 0.1) is 50.5 Å². The predicted molar refractivity (Wildman–Crippen MR) is 145 cm³/mol. The molecule has 0 saturated heterocycles. The van der Waals surface area contributed by atoms with Gasteiger partial charge in [0, 0.05) is 42.8 Å². The molecule has 5 heterocycles. The largest absolute Gasteiger partial charge is 0.491 e. The van der Waals surface area contributed by atoms with Gasteiger partial charge in [0.1, 0.15) is 16.8 Å². The van der Waals surface area contributed by atoms with Crippen LogP contribution in [0, 0.1) is 5.82 Å². The molecule has 5 aromatic rings. The summed E-state index contributed by atoms with van der Waals surface area (Å²) in [5.41, 5.74) is 0.983. The van der Waals surface area contributed by atoms with E-state index in [0.29, 0.717) is 41.4 Å². The molecule has 0 saturated carbocycles. The number of carbonyl (C=O) groups is 1. The van der Waals surface area contributed by atoms with Gasteiger partial charge < -0.3 is 33.2 Å². The first-order chi connectivity index (χ1) is 20.0. The van der Waals surface area contributed by atoms with Crippen LogP contribution in [-0.4, -0.2) is 41.3 Å². The maximum Gasteiger partial charge on any atom is 0.261 e. The summed E-state index contributed by atoms with van der Waals surface area (Å²) < 4.78 is 44.3. The summed E-state index contributed by atoms with van der Waals surface area (Å²) in [6.45, 7) is 0.980. The van der Waals surface area contributed by atoms with Crippen LogP contribution in [0.1, 0.15) is 16.1 Å². The van der Waals surface area contributed by atoms with Crippen molar-refractivity contribution < 1.29 is 32.5 Å². The summed E-state index contributed by atoms with van der Waals surface area (Å²) in [6.07, 6.45) is 4.61. The third kappa shape index (κ3) is 4.85. The number of benzene rings is 1. The van der Waals surface area contributed by atoms with E-state index in [4.69, 9.17) is 23.4 Å². The van der Waals surface area contributed by atoms with Gasteiger partial charge in [-0.2, -0.15) is 0 Å². The van der Waals surface area contributed by atoms with Crippen LogP contribution in [-0.2, 0) is 17.9 Å². The van der Waals surface area contributed by atoms with Crippen molar-refractivity contribution in [1.82, 2.24) is 14.5 Å². The van der Waals surface area contributed by atoms with Gasteiger partial charge >= 0.3 is 0 Å². The SMILES string of the molecule is COc1cc2nccc(Oc3ccc(NC(=O)c4c5n(cc(-c6ccco6)c4=O)CCOC5)cc3F)c2nc1OC. The number of halogens is 1. The summed E-state index contributed by atoms with van der Waals surface area (Å²) in [4.78, 5) is 35.4. The average Bonchev–Trinajstić information content (AvgIpc) is 3.52. The smallest absolute Gasteiger partial charge is 0.261 e. The van der Waals surface area contributed by atoms with Gasteiger partial charge in [0.25, 0.3) is 11.8 Å². The van der Waals surface area contributed by atoms with Crippen molar-refractivity contribution in [2.45, 2.75) is 13.2 Å². The van der Waals surface area contributed by atoms with Crippen molar-refractivity contribution >= 4 is 22.6 Å². The second-order valence-electron chi connectivity index (χ2n) is 8.99. The third-order valence-electron chi connectivity index (χ3n) is 6.55. The molecule has 0 bridgehead atoms. The second-order valence-corrected chi connectivity index (χ2v) is 8.99. The molecular formula is C29H23FN4O7. The Labute approximate surface area is 232 Å². The molecule has 208 valence electrons. The molecule has 12 heteroatoms. The van der Waals surface area contributed by atoms with Crippen molar-refractivity contribution in [2.75, 3.05) is 26.1 Å². The number of anilines is 1. The fourth-order valence-corrected chi connectivity index (χ4v) is 4.59. The summed E-state index contributed by atoms with van der Waals surface area (Å²) in [5, 5.41) is 2.62. The monoisotopic (exact) mass is 558 g/mol. The molecule has 1 aromatic carbocycles. The summed E-state index contributed by atoms with van der Waals surface area (Å²) in [7, 11) is 2.93. The Morgan fingerprint density at radius 1 is 1.10 bits per heavy atom. The van der Waals surface area contributed by atoms with E-state index in [1.54, 1.807) is 35.0 Å². The second kappa shape index (κ2) is 10.7. The molecule has 0 fully saturated rings. The van der Waals surface area contributed by atoms with Crippen LogP contribution in [0.3, 0.4) is 0 Å². The molecule has 1 aliphatic rings. The first-order valence-electron chi connectivity index (χ1n) is 12.5. The Morgan fingerprint density at radius 3 is 2.73 bits per heavy atom. The van der Waals surface area contributed by atoms with Crippen LogP contribution in [0.2, 0.25) is 0 Å². The van der Waals surface area contributed by atoms with Gasteiger partial charge in [-0.25, -0.2) is 9.37 Å². The minimum absolute atomic E-state index is 0.0855. The van der Waals surface area contributed by atoms with E-state index < -0.39 is 17.2 Å². The quantitative estimate of drug-likeness (QED) is 0.300. The number of hydrogen-bond donors (Lipinski definition) is 1. The lowest BCUT2D eigenvalue weighted by molar-refractivity contribution is 0.0809. The van der Waals surface area contributed by atoms with E-state index in [0.717, 1.165) is 6.07 Å². The van der Waals surface area contributed by atoms with E-state index in [1.165, 1.54) is 38.8 Å². The summed E-state index contributed by atoms with van der Waals surface area (Å²) in [5.74, 6) is -0.379. The normalized spacial score (nSPS) is 12.6. The lowest BCUT2D eigenvalue weighted by Crippen LogP contribution is -2.31. The van der Waals surface area contributed by atoms with Crippen LogP contribution in [0.15, 0.2) is 70.3 Å². The van der Waals surface area contributed by atoms with Gasteiger partial charge in [-0.3, -0.25) is 14.6 Å². The van der Waals surface area contributed by atoms with E-state index in [-0.39, 0.29) is 40.8 Å². The summed E-state index contributed by atoms with van der Waals surface area (Å²) in [6, 6.07) is 10.4. The third-order valence-corrected chi connectivity index (χ3v) is 6.55. The maximum atomic E-state index is 15.2. The Bertz CT molecular complexity index is 1840. The van der Waals surface area contributed by atoms with Gasteiger partial charge in [-0.05, 0) is 24.3 Å². The minimum Gasteiger partial charge on any atom is -0.491 e. The average molecular weight is 559 g/mol. The van der Waals surface area contributed by atoms with Crippen LogP contribution in [0.5, 0.6) is 23.1 Å². The molecule has 0 radical (unpaired) electrons. The summed E-state index contributed by atoms with van der Waals surface area (Å²) >= 11 is 0. The molecule has 0 spiro atoms. The van der Waals surface area contributed by atoms with Crippen LogP contribution >= 0.6 is 0 Å². The highest BCUT2D eigenvalue weighted by molar-refractivity contribution is 6.05. The molecule has 1 amide bonds. The molecule has 4 aromatic heterocycles. The number of methoxy groups -OCH3 is 2. The lowest BCUT2D eigenvalue weighted by atomic mass is 10.1. The zero-order valence-corrected chi connectivity index (χ0v) is 22.0. The molecular weight excluding hydrogens is 535 g/mol. The van der Waals surface area contributed by atoms with E-state index in [2.05, 4.69) is 15.3 Å². The molecule has 1 N–H and O–H groups in total. The number of ether oxygens (including phenoxy) is 4. The van der Waals surface area contributed by atoms with Gasteiger partial charge in [-0.15, -0.1) is 0 Å². The fourth-order valence-electron chi connectivity index (χ4n) is 4.59. The molecule has 0 aliphatic carbocycles. The number of amides is 1. The van der Waals surface area contributed by atoms with E-state index in [9.17, 15) is 9.59 Å². The van der Waals surface area contributed by atoms with Crippen molar-refractivity contribution in [1.29, 1.82) is 0 Å². The number of fused-ring (bicyclic) bond motifs is 2. The molecule has 6 rings (SSSR count). The topological polar surface area (TPSA) is 127 Å². The van der Waals surface area contributed by atoms with Crippen molar-refractivity contribution in [3.8, 4) is 34.5 Å². The first kappa shape index (κ1) is 26.0. The zero-order chi connectivity index (χ0) is 28.5. The lowest BCUT2D eigenvalue weighted by Gasteiger charge is -2.22. The first-order valence-corrected chi connectivity index (χ1v) is 12.5. The zero-order valence-electron chi connectivity index (χ0n) is 22.0. The molecule has 1 aliphatic heterocycles. The Balaban J connectivity index is 1.29. The van der Waals surface area contributed by atoms with Crippen LogP contribution in [0.25, 0.3) is 22.4 Å². The van der Waals surface area contributed by atoms with Crippen LogP contribution in [0.4, 0.5) is 10.1 Å². The van der Waals surface area contributed by atoms with Gasteiger partial charge in [0.15, 0.2) is 23.1 Å². The number of carbonyl (C=O) groups excluding carboxylic acids is 1. The number of rotatable bonds is 7. The Hall–Kier alpha value is -5.23. The van der Waals surface area contributed by atoms with Crippen molar-refractivity contribution in [3.05, 3.63) is 88.4 Å². The number of nitrogens with zero attached hydrogens (tertiary/aromatic N) is 3. The molecule has 11 nitrogen and oxygen atoms in total. The Morgan fingerprint density at radius 2 is 1.98 bits per heavy atom. The van der Waals surface area contributed by atoms with Crippen molar-refractivity contribution in [2.24, 2.45) is 0 Å². The van der Waals surface area contributed by atoms with Crippen LogP contribution < -0.4 is 25.0 Å². The highest BCUT2D eigenvalue weighted by atomic mass is 19.1. The van der Waals surface area contributed by atoms with E-state index >= 15 is 4.39 Å². The van der Waals surface area contributed by atoms with Gasteiger partial charge in [-0.1, -0.05) is 0 Å². The number of nitrogens with one attached hydrogen (secondary N) is 1. The highest BCUT2D eigenvalue weighted by Gasteiger charge is 2.25. The molecule has 0 unspecified atom stereocenters. The standard InChI is InChI=1S/C29H23FN4O7/c1-37-24-13-19-26(33-29(24)38-2)23(7-8-31-19)41-22-6-5-16(12-18(22)30)32-28(36)25-20-15-39-11-9-34(20)14-17(27(25)35)21-4-3-10-40-21/h3-8,10,12-14H,9,11,15H2,1-2H3,(H,32,36). The molecule has 0 atom stereocenters. The number of pyridine rings is 3. The Kier molecular flexibility index (Phi) is 6.81. The van der Waals surface area contributed by atoms with Crippen molar-refractivity contribution in [3.63, 3.8) is 0 Å².